The van der Waals surface area contributed by atoms with E-state index in [-0.39, 0.29) is 5.91 Å². The highest BCUT2D eigenvalue weighted by Crippen LogP contribution is 2.21. The van der Waals surface area contributed by atoms with Crippen molar-refractivity contribution in [2.24, 2.45) is 0 Å². The Morgan fingerprint density at radius 3 is 2.58 bits per heavy atom. The number of nitrogens with one attached hydrogen (secondary N) is 2. The van der Waals surface area contributed by atoms with E-state index in [1.807, 2.05) is 24.3 Å². The first-order valence-electron chi connectivity index (χ1n) is 8.52. The van der Waals surface area contributed by atoms with Gasteiger partial charge in [0.25, 0.3) is 5.91 Å². The third kappa shape index (κ3) is 5.07. The first-order valence-corrected chi connectivity index (χ1v) is 8.90. The number of nitrogens with zero attached hydrogens (tertiary/aromatic N) is 1. The molecule has 0 atom stereocenters. The summed E-state index contributed by atoms with van der Waals surface area (Å²) >= 11 is 6.07. The van der Waals surface area contributed by atoms with E-state index in [0.717, 1.165) is 25.1 Å². The number of aromatic nitrogens is 1. The second-order valence-electron chi connectivity index (χ2n) is 5.88. The van der Waals surface area contributed by atoms with E-state index in [9.17, 15) is 4.79 Å². The Hall–Kier alpha value is -2.85. The number of para-hydroxylation sites is 1. The highest BCUT2D eigenvalue weighted by atomic mass is 35.5. The van der Waals surface area contributed by atoms with Crippen LogP contribution in [0.25, 0.3) is 0 Å². The summed E-state index contributed by atoms with van der Waals surface area (Å²) in [6.07, 6.45) is 3.65. The van der Waals surface area contributed by atoms with Crippen molar-refractivity contribution in [2.75, 3.05) is 17.2 Å². The fourth-order valence-electron chi connectivity index (χ4n) is 2.58. The number of carbonyl (C=O) groups excluding carboxylic acids is 1. The molecule has 0 fully saturated rings. The zero-order chi connectivity index (χ0) is 18.2. The summed E-state index contributed by atoms with van der Waals surface area (Å²) in [5, 5.41) is 6.62. The molecule has 0 radical (unpaired) electrons. The average molecular weight is 366 g/mol. The molecule has 26 heavy (non-hydrogen) atoms. The van der Waals surface area contributed by atoms with Crippen molar-refractivity contribution in [3.8, 4) is 0 Å². The molecule has 0 aliphatic carbocycles. The molecule has 3 aromatic rings. The maximum atomic E-state index is 12.4. The maximum Gasteiger partial charge on any atom is 0.274 e. The molecule has 0 spiro atoms. The quantitative estimate of drug-likeness (QED) is 0.577. The van der Waals surface area contributed by atoms with Gasteiger partial charge in [-0.15, -0.1) is 0 Å². The molecule has 0 saturated carbocycles. The van der Waals surface area contributed by atoms with Gasteiger partial charge >= 0.3 is 0 Å². The van der Waals surface area contributed by atoms with Gasteiger partial charge in [0.15, 0.2) is 0 Å². The van der Waals surface area contributed by atoms with E-state index in [1.54, 1.807) is 24.4 Å². The molecule has 0 aliphatic rings. The summed E-state index contributed by atoms with van der Waals surface area (Å²) < 4.78 is 0. The fourth-order valence-corrected chi connectivity index (χ4v) is 2.77. The summed E-state index contributed by atoms with van der Waals surface area (Å²) in [6, 6.07) is 21.1. The van der Waals surface area contributed by atoms with Crippen molar-refractivity contribution in [3.63, 3.8) is 0 Å². The molecule has 1 aromatic heterocycles. The smallest absolute Gasteiger partial charge is 0.274 e. The van der Waals surface area contributed by atoms with Crippen LogP contribution >= 0.6 is 11.6 Å². The molecular formula is C21H20ClN3O. The van der Waals surface area contributed by atoms with E-state index in [2.05, 4.69) is 39.9 Å². The van der Waals surface area contributed by atoms with Crippen molar-refractivity contribution in [3.05, 3.63) is 89.2 Å². The van der Waals surface area contributed by atoms with Crippen LogP contribution in [0.5, 0.6) is 0 Å². The lowest BCUT2D eigenvalue weighted by Crippen LogP contribution is -2.14. The van der Waals surface area contributed by atoms with Crippen LogP contribution < -0.4 is 10.6 Å². The van der Waals surface area contributed by atoms with E-state index < -0.39 is 0 Å². The van der Waals surface area contributed by atoms with Gasteiger partial charge in [0, 0.05) is 18.4 Å². The highest BCUT2D eigenvalue weighted by molar-refractivity contribution is 6.33. The molecule has 3 rings (SSSR count). The number of hydrogen-bond acceptors (Lipinski definition) is 3. The molecule has 0 unspecified atom stereocenters. The number of halogens is 1. The zero-order valence-corrected chi connectivity index (χ0v) is 15.0. The summed E-state index contributed by atoms with van der Waals surface area (Å²) in [6.45, 7) is 0.824. The molecule has 2 N–H and O–H groups in total. The monoisotopic (exact) mass is 365 g/mol. The fraction of sp³-hybridized carbons (Fsp3) is 0.143. The van der Waals surface area contributed by atoms with Crippen LogP contribution in [0.2, 0.25) is 5.02 Å². The van der Waals surface area contributed by atoms with E-state index >= 15 is 0 Å². The zero-order valence-electron chi connectivity index (χ0n) is 14.3. The van der Waals surface area contributed by atoms with Gasteiger partial charge in [0.1, 0.15) is 5.69 Å². The van der Waals surface area contributed by atoms with Crippen molar-refractivity contribution in [1.82, 2.24) is 4.98 Å². The molecule has 0 aliphatic heterocycles. The van der Waals surface area contributed by atoms with Gasteiger partial charge in [-0.1, -0.05) is 54.1 Å². The second kappa shape index (κ2) is 9.02. The van der Waals surface area contributed by atoms with Crippen LogP contribution in [-0.2, 0) is 6.42 Å². The lowest BCUT2D eigenvalue weighted by atomic mass is 10.1. The van der Waals surface area contributed by atoms with Gasteiger partial charge < -0.3 is 10.6 Å². The third-order valence-electron chi connectivity index (χ3n) is 3.93. The van der Waals surface area contributed by atoms with Gasteiger partial charge in [-0.25, -0.2) is 0 Å². The van der Waals surface area contributed by atoms with Gasteiger partial charge in [-0.2, -0.15) is 0 Å². The number of hydrogen-bond donors (Lipinski definition) is 2. The number of carbonyl (C=O) groups is 1. The van der Waals surface area contributed by atoms with Crippen LogP contribution in [0.1, 0.15) is 22.5 Å². The standard InChI is InChI=1S/C21H20ClN3O/c22-18-10-4-5-11-19(18)25-21(26)20-15-17(12-14-24-20)23-13-6-9-16-7-2-1-3-8-16/h1-5,7-8,10-12,14-15H,6,9,13H2,(H,23,24)(H,25,26). The Morgan fingerprint density at radius 2 is 1.77 bits per heavy atom. The normalized spacial score (nSPS) is 10.3. The summed E-state index contributed by atoms with van der Waals surface area (Å²) in [5.41, 5.74) is 3.11. The molecule has 2 aromatic carbocycles. The molecule has 1 amide bonds. The van der Waals surface area contributed by atoms with Crippen LogP contribution in [0.3, 0.4) is 0 Å². The number of aryl methyl sites for hydroxylation is 1. The van der Waals surface area contributed by atoms with Crippen LogP contribution in [0.15, 0.2) is 72.9 Å². The minimum absolute atomic E-state index is 0.286. The van der Waals surface area contributed by atoms with E-state index in [4.69, 9.17) is 11.6 Å². The Kier molecular flexibility index (Phi) is 6.23. The molecule has 132 valence electrons. The number of rotatable bonds is 7. The SMILES string of the molecule is O=C(Nc1ccccc1Cl)c1cc(NCCCc2ccccc2)ccn1. The van der Waals surface area contributed by atoms with E-state index in [0.29, 0.717) is 16.4 Å². The predicted octanol–water partition coefficient (Wildman–Crippen LogP) is 5.03. The first kappa shape index (κ1) is 18.0. The van der Waals surface area contributed by atoms with Crippen molar-refractivity contribution in [1.29, 1.82) is 0 Å². The average Bonchev–Trinajstić information content (AvgIpc) is 2.68. The van der Waals surface area contributed by atoms with Crippen LogP contribution in [0, 0.1) is 0 Å². The minimum atomic E-state index is -0.286. The summed E-state index contributed by atoms with van der Waals surface area (Å²) in [7, 11) is 0. The molecule has 5 heteroatoms. The van der Waals surface area contributed by atoms with Gasteiger partial charge in [-0.3, -0.25) is 9.78 Å². The van der Waals surface area contributed by atoms with Gasteiger partial charge in [-0.05, 0) is 42.7 Å². The number of pyridine rings is 1. The van der Waals surface area contributed by atoms with Gasteiger partial charge in [0.2, 0.25) is 0 Å². The maximum absolute atomic E-state index is 12.4. The Bertz CT molecular complexity index is 868. The van der Waals surface area contributed by atoms with Crippen LogP contribution in [-0.4, -0.2) is 17.4 Å². The number of amides is 1. The Morgan fingerprint density at radius 1 is 1.00 bits per heavy atom. The number of benzene rings is 2. The second-order valence-corrected chi connectivity index (χ2v) is 6.29. The molecule has 0 bridgehead atoms. The van der Waals surface area contributed by atoms with Crippen molar-refractivity contribution >= 4 is 28.9 Å². The highest BCUT2D eigenvalue weighted by Gasteiger charge is 2.10. The topological polar surface area (TPSA) is 54.0 Å². The van der Waals surface area contributed by atoms with Crippen molar-refractivity contribution in [2.45, 2.75) is 12.8 Å². The summed E-state index contributed by atoms with van der Waals surface area (Å²) in [5.74, 6) is -0.286. The van der Waals surface area contributed by atoms with Crippen LogP contribution in [0.4, 0.5) is 11.4 Å². The molecular weight excluding hydrogens is 346 g/mol. The minimum Gasteiger partial charge on any atom is -0.385 e. The predicted molar refractivity (Wildman–Crippen MR) is 107 cm³/mol. The van der Waals surface area contributed by atoms with Crippen molar-refractivity contribution < 1.29 is 4.79 Å². The van der Waals surface area contributed by atoms with Gasteiger partial charge in [0.05, 0.1) is 10.7 Å². The Labute approximate surface area is 158 Å². The molecule has 1 heterocycles. The first-order chi connectivity index (χ1) is 12.7. The molecule has 0 saturated heterocycles. The summed E-state index contributed by atoms with van der Waals surface area (Å²) in [4.78, 5) is 16.5. The lowest BCUT2D eigenvalue weighted by molar-refractivity contribution is 0.102. The largest absolute Gasteiger partial charge is 0.385 e. The lowest BCUT2D eigenvalue weighted by Gasteiger charge is -2.09. The van der Waals surface area contributed by atoms with E-state index in [1.165, 1.54) is 5.56 Å². The molecule has 4 nitrogen and oxygen atoms in total. The third-order valence-corrected chi connectivity index (χ3v) is 4.26. The Balaban J connectivity index is 1.54. The number of anilines is 2.